The predicted molar refractivity (Wildman–Crippen MR) is 77.7 cm³/mol. The van der Waals surface area contributed by atoms with E-state index in [0.717, 1.165) is 16.9 Å². The highest BCUT2D eigenvalue weighted by Gasteiger charge is 2.05. The zero-order chi connectivity index (χ0) is 13.9. The van der Waals surface area contributed by atoms with E-state index < -0.39 is 9.84 Å². The van der Waals surface area contributed by atoms with E-state index in [1.54, 1.807) is 24.3 Å². The van der Waals surface area contributed by atoms with Crippen LogP contribution < -0.4 is 11.1 Å². The highest BCUT2D eigenvalue weighted by Crippen LogP contribution is 2.15. The minimum atomic E-state index is -3.14. The molecule has 100 valence electrons. The van der Waals surface area contributed by atoms with Crippen molar-refractivity contribution in [2.24, 2.45) is 0 Å². The molecule has 2 rings (SSSR count). The summed E-state index contributed by atoms with van der Waals surface area (Å²) in [7, 11) is -3.14. The Morgan fingerprint density at radius 3 is 2.37 bits per heavy atom. The van der Waals surface area contributed by atoms with E-state index >= 15 is 0 Å². The standard InChI is InChI=1S/C14H16N2O2S/c1-19(17,18)14-7-5-13(6-8-14)16-10-11-3-2-4-12(15)9-11/h2-9,16H,10,15H2,1H3. The topological polar surface area (TPSA) is 72.2 Å². The van der Waals surface area contributed by atoms with Gasteiger partial charge in [-0.1, -0.05) is 12.1 Å². The second-order valence-corrected chi connectivity index (χ2v) is 6.41. The smallest absolute Gasteiger partial charge is 0.175 e. The van der Waals surface area contributed by atoms with E-state index in [2.05, 4.69) is 5.32 Å². The summed E-state index contributed by atoms with van der Waals surface area (Å²) < 4.78 is 22.7. The van der Waals surface area contributed by atoms with Gasteiger partial charge in [0.05, 0.1) is 4.90 Å². The Labute approximate surface area is 113 Å². The lowest BCUT2D eigenvalue weighted by atomic mass is 10.2. The Morgan fingerprint density at radius 1 is 1.11 bits per heavy atom. The highest BCUT2D eigenvalue weighted by atomic mass is 32.2. The first-order chi connectivity index (χ1) is 8.95. The summed E-state index contributed by atoms with van der Waals surface area (Å²) in [5, 5.41) is 3.22. The second kappa shape index (κ2) is 5.32. The van der Waals surface area contributed by atoms with Crippen LogP contribution in [-0.4, -0.2) is 14.7 Å². The van der Waals surface area contributed by atoms with Crippen molar-refractivity contribution in [3.8, 4) is 0 Å². The molecule has 0 aliphatic heterocycles. The fraction of sp³-hybridized carbons (Fsp3) is 0.143. The lowest BCUT2D eigenvalue weighted by molar-refractivity contribution is 0.602. The molecule has 0 aliphatic carbocycles. The molecule has 0 saturated heterocycles. The molecule has 4 nitrogen and oxygen atoms in total. The molecule has 0 saturated carbocycles. The fourth-order valence-electron chi connectivity index (χ4n) is 1.73. The maximum Gasteiger partial charge on any atom is 0.175 e. The van der Waals surface area contributed by atoms with Crippen LogP contribution in [0.5, 0.6) is 0 Å². The number of nitrogen functional groups attached to an aromatic ring is 1. The van der Waals surface area contributed by atoms with Gasteiger partial charge in [-0.3, -0.25) is 0 Å². The maximum atomic E-state index is 11.3. The molecule has 0 amide bonds. The minimum absolute atomic E-state index is 0.321. The molecule has 0 unspecified atom stereocenters. The highest BCUT2D eigenvalue weighted by molar-refractivity contribution is 7.90. The van der Waals surface area contributed by atoms with Crippen LogP contribution in [0.3, 0.4) is 0 Å². The number of nitrogens with one attached hydrogen (secondary N) is 1. The van der Waals surface area contributed by atoms with Gasteiger partial charge in [0.25, 0.3) is 0 Å². The Hall–Kier alpha value is -2.01. The van der Waals surface area contributed by atoms with Crippen molar-refractivity contribution in [1.82, 2.24) is 0 Å². The number of hydrogen-bond donors (Lipinski definition) is 2. The first-order valence-corrected chi connectivity index (χ1v) is 7.73. The SMILES string of the molecule is CS(=O)(=O)c1ccc(NCc2cccc(N)c2)cc1. The van der Waals surface area contributed by atoms with E-state index in [4.69, 9.17) is 5.73 Å². The average molecular weight is 276 g/mol. The zero-order valence-electron chi connectivity index (χ0n) is 10.6. The molecule has 0 aromatic heterocycles. The first kappa shape index (κ1) is 13.4. The molecule has 0 radical (unpaired) electrons. The summed E-state index contributed by atoms with van der Waals surface area (Å²) in [6.07, 6.45) is 1.20. The third-order valence-electron chi connectivity index (χ3n) is 2.73. The fourth-order valence-corrected chi connectivity index (χ4v) is 2.36. The van der Waals surface area contributed by atoms with Gasteiger partial charge in [0.2, 0.25) is 0 Å². The minimum Gasteiger partial charge on any atom is -0.399 e. The Morgan fingerprint density at radius 2 is 1.79 bits per heavy atom. The van der Waals surface area contributed by atoms with Gasteiger partial charge in [-0.15, -0.1) is 0 Å². The molecule has 0 spiro atoms. The van der Waals surface area contributed by atoms with Crippen molar-refractivity contribution in [2.75, 3.05) is 17.3 Å². The van der Waals surface area contributed by atoms with Crippen LogP contribution in [0.1, 0.15) is 5.56 Å². The summed E-state index contributed by atoms with van der Waals surface area (Å²) >= 11 is 0. The quantitative estimate of drug-likeness (QED) is 0.840. The van der Waals surface area contributed by atoms with Gasteiger partial charge in [0, 0.05) is 24.2 Å². The number of anilines is 2. The van der Waals surface area contributed by atoms with Crippen molar-refractivity contribution in [3.05, 3.63) is 54.1 Å². The average Bonchev–Trinajstić information content (AvgIpc) is 2.36. The van der Waals surface area contributed by atoms with E-state index in [1.165, 1.54) is 6.26 Å². The molecule has 5 heteroatoms. The van der Waals surface area contributed by atoms with Gasteiger partial charge in [0.1, 0.15) is 0 Å². The van der Waals surface area contributed by atoms with Crippen molar-refractivity contribution >= 4 is 21.2 Å². The normalized spacial score (nSPS) is 11.2. The van der Waals surface area contributed by atoms with Crippen molar-refractivity contribution in [2.45, 2.75) is 11.4 Å². The monoisotopic (exact) mass is 276 g/mol. The molecule has 0 aliphatic rings. The van der Waals surface area contributed by atoms with Gasteiger partial charge >= 0.3 is 0 Å². The number of rotatable bonds is 4. The number of sulfone groups is 1. The summed E-state index contributed by atoms with van der Waals surface area (Å²) in [4.78, 5) is 0.321. The van der Waals surface area contributed by atoms with E-state index in [0.29, 0.717) is 11.4 Å². The third-order valence-corrected chi connectivity index (χ3v) is 3.86. The van der Waals surface area contributed by atoms with Crippen LogP contribution >= 0.6 is 0 Å². The predicted octanol–water partition coefficient (Wildman–Crippen LogP) is 2.28. The van der Waals surface area contributed by atoms with Gasteiger partial charge in [-0.2, -0.15) is 0 Å². The largest absolute Gasteiger partial charge is 0.399 e. The van der Waals surface area contributed by atoms with Crippen molar-refractivity contribution in [1.29, 1.82) is 0 Å². The van der Waals surface area contributed by atoms with Crippen LogP contribution in [0.4, 0.5) is 11.4 Å². The van der Waals surface area contributed by atoms with E-state index in [9.17, 15) is 8.42 Å². The summed E-state index contributed by atoms with van der Waals surface area (Å²) in [5.41, 5.74) is 8.38. The van der Waals surface area contributed by atoms with Crippen LogP contribution in [0.25, 0.3) is 0 Å². The van der Waals surface area contributed by atoms with E-state index in [1.807, 2.05) is 24.3 Å². The Kier molecular flexibility index (Phi) is 3.76. The van der Waals surface area contributed by atoms with Crippen molar-refractivity contribution in [3.63, 3.8) is 0 Å². The van der Waals surface area contributed by atoms with Crippen LogP contribution in [0, 0.1) is 0 Å². The number of hydrogen-bond acceptors (Lipinski definition) is 4. The molecule has 0 fully saturated rings. The number of nitrogens with two attached hydrogens (primary N) is 1. The molecular formula is C14H16N2O2S. The molecule has 0 atom stereocenters. The lowest BCUT2D eigenvalue weighted by Crippen LogP contribution is -2.01. The summed E-state index contributed by atoms with van der Waals surface area (Å²) in [5.74, 6) is 0. The van der Waals surface area contributed by atoms with Gasteiger partial charge < -0.3 is 11.1 Å². The third kappa shape index (κ3) is 3.72. The molecular weight excluding hydrogens is 260 g/mol. The molecule has 2 aromatic carbocycles. The Balaban J connectivity index is 2.05. The molecule has 0 heterocycles. The van der Waals surface area contributed by atoms with Crippen molar-refractivity contribution < 1.29 is 8.42 Å². The lowest BCUT2D eigenvalue weighted by Gasteiger charge is -2.07. The second-order valence-electron chi connectivity index (χ2n) is 4.40. The van der Waals surface area contributed by atoms with Gasteiger partial charge in [-0.25, -0.2) is 8.42 Å². The number of benzene rings is 2. The summed E-state index contributed by atoms with van der Waals surface area (Å²) in [6.45, 7) is 0.642. The zero-order valence-corrected chi connectivity index (χ0v) is 11.4. The van der Waals surface area contributed by atoms with Gasteiger partial charge in [-0.05, 0) is 42.0 Å². The van der Waals surface area contributed by atoms with Crippen LogP contribution in [0.15, 0.2) is 53.4 Å². The Bertz CT molecular complexity index is 664. The van der Waals surface area contributed by atoms with Crippen LogP contribution in [-0.2, 0) is 16.4 Å². The molecule has 2 aromatic rings. The van der Waals surface area contributed by atoms with Crippen LogP contribution in [0.2, 0.25) is 0 Å². The first-order valence-electron chi connectivity index (χ1n) is 5.83. The molecule has 0 bridgehead atoms. The molecule has 3 N–H and O–H groups in total. The molecule has 19 heavy (non-hydrogen) atoms. The van der Waals surface area contributed by atoms with Gasteiger partial charge in [0.15, 0.2) is 9.84 Å². The summed E-state index contributed by atoms with van der Waals surface area (Å²) in [6, 6.07) is 14.3. The van der Waals surface area contributed by atoms with E-state index in [-0.39, 0.29) is 0 Å². The maximum absolute atomic E-state index is 11.3.